The Hall–Kier alpha value is -2.93. The molecular weight excluding hydrogens is 380 g/mol. The van der Waals surface area contributed by atoms with Crippen LogP contribution in [0.5, 0.6) is 5.75 Å². The Balaban J connectivity index is 1.94. The van der Waals surface area contributed by atoms with E-state index in [4.69, 9.17) is 16.3 Å². The molecule has 0 fully saturated rings. The summed E-state index contributed by atoms with van der Waals surface area (Å²) < 4.78 is 34.1. The molecule has 5 nitrogen and oxygen atoms in total. The molecule has 0 aliphatic heterocycles. The van der Waals surface area contributed by atoms with Gasteiger partial charge < -0.3 is 14.8 Å². The van der Waals surface area contributed by atoms with E-state index in [1.807, 2.05) is 0 Å². The van der Waals surface area contributed by atoms with E-state index in [-0.39, 0.29) is 11.4 Å². The number of ether oxygens (including phenoxy) is 2. The lowest BCUT2D eigenvalue weighted by atomic mass is 10.2. The molecule has 1 unspecified atom stereocenters. The van der Waals surface area contributed by atoms with Crippen LogP contribution in [-0.2, 0) is 14.3 Å². The third kappa shape index (κ3) is 6.71. The lowest BCUT2D eigenvalue weighted by molar-refractivity contribution is -0.148. The van der Waals surface area contributed by atoms with Crippen molar-refractivity contribution < 1.29 is 27.8 Å². The smallest absolute Gasteiger partial charge is 0.387 e. The molecule has 0 saturated carbocycles. The van der Waals surface area contributed by atoms with Crippen molar-refractivity contribution in [2.24, 2.45) is 0 Å². The van der Waals surface area contributed by atoms with E-state index in [0.29, 0.717) is 10.6 Å². The zero-order chi connectivity index (χ0) is 19.8. The Labute approximate surface area is 159 Å². The standard InChI is InChI=1S/C19H16ClF2NO4/c1-12(26-17(24)10-9-13-5-4-6-14(20)11-13)18(25)23-15-7-2-3-8-16(15)27-19(21)22/h2-12,19H,1H3,(H,23,25)/b10-9+. The minimum Gasteiger partial charge on any atom is -0.449 e. The number of rotatable bonds is 7. The van der Waals surface area contributed by atoms with Crippen LogP contribution in [0, 0.1) is 0 Å². The first-order valence-electron chi connectivity index (χ1n) is 7.84. The van der Waals surface area contributed by atoms with Gasteiger partial charge in [-0.05, 0) is 42.8 Å². The number of hydrogen-bond acceptors (Lipinski definition) is 4. The summed E-state index contributed by atoms with van der Waals surface area (Å²) >= 11 is 5.85. The molecule has 2 aromatic rings. The van der Waals surface area contributed by atoms with Gasteiger partial charge in [0.25, 0.3) is 5.91 Å². The van der Waals surface area contributed by atoms with Gasteiger partial charge in [0.1, 0.15) is 5.75 Å². The third-order valence-electron chi connectivity index (χ3n) is 3.28. The number of amides is 1. The van der Waals surface area contributed by atoms with Crippen LogP contribution in [0.4, 0.5) is 14.5 Å². The van der Waals surface area contributed by atoms with E-state index in [1.54, 1.807) is 30.3 Å². The summed E-state index contributed by atoms with van der Waals surface area (Å²) in [6.07, 6.45) is 1.49. The average molecular weight is 396 g/mol. The van der Waals surface area contributed by atoms with Gasteiger partial charge in [0, 0.05) is 11.1 Å². The van der Waals surface area contributed by atoms with E-state index >= 15 is 0 Å². The summed E-state index contributed by atoms with van der Waals surface area (Å²) in [6, 6.07) is 12.5. The number of para-hydroxylation sites is 2. The van der Waals surface area contributed by atoms with Crippen molar-refractivity contribution in [2.45, 2.75) is 19.6 Å². The second-order valence-electron chi connectivity index (χ2n) is 5.33. The highest BCUT2D eigenvalue weighted by Gasteiger charge is 2.19. The molecule has 0 aliphatic rings. The number of esters is 1. The molecule has 0 spiro atoms. The maximum Gasteiger partial charge on any atom is 0.387 e. The van der Waals surface area contributed by atoms with Gasteiger partial charge >= 0.3 is 12.6 Å². The zero-order valence-corrected chi connectivity index (χ0v) is 15.0. The fourth-order valence-corrected chi connectivity index (χ4v) is 2.24. The number of carbonyl (C=O) groups is 2. The average Bonchev–Trinajstić information content (AvgIpc) is 2.61. The van der Waals surface area contributed by atoms with Crippen LogP contribution in [-0.4, -0.2) is 24.6 Å². The summed E-state index contributed by atoms with van der Waals surface area (Å²) in [5.41, 5.74) is 0.731. The zero-order valence-electron chi connectivity index (χ0n) is 14.2. The third-order valence-corrected chi connectivity index (χ3v) is 3.52. The van der Waals surface area contributed by atoms with Crippen molar-refractivity contribution in [3.05, 3.63) is 65.2 Å². The molecule has 0 aliphatic carbocycles. The van der Waals surface area contributed by atoms with Gasteiger partial charge in [-0.2, -0.15) is 8.78 Å². The van der Waals surface area contributed by atoms with Gasteiger partial charge in [-0.15, -0.1) is 0 Å². The van der Waals surface area contributed by atoms with Crippen LogP contribution >= 0.6 is 11.6 Å². The van der Waals surface area contributed by atoms with Gasteiger partial charge in [-0.3, -0.25) is 4.79 Å². The highest BCUT2D eigenvalue weighted by molar-refractivity contribution is 6.30. The number of hydrogen-bond donors (Lipinski definition) is 1. The Bertz CT molecular complexity index is 842. The molecule has 8 heteroatoms. The van der Waals surface area contributed by atoms with Crippen LogP contribution in [0.25, 0.3) is 6.08 Å². The van der Waals surface area contributed by atoms with Crippen molar-refractivity contribution in [2.75, 3.05) is 5.32 Å². The van der Waals surface area contributed by atoms with Gasteiger partial charge in [-0.25, -0.2) is 4.79 Å². The number of alkyl halides is 2. The van der Waals surface area contributed by atoms with Crippen molar-refractivity contribution in [3.63, 3.8) is 0 Å². The first-order chi connectivity index (χ1) is 12.8. The Morgan fingerprint density at radius 3 is 2.59 bits per heavy atom. The van der Waals surface area contributed by atoms with Crippen molar-refractivity contribution in [1.82, 2.24) is 0 Å². The maximum absolute atomic E-state index is 12.4. The predicted molar refractivity (Wildman–Crippen MR) is 97.7 cm³/mol. The minimum atomic E-state index is -3.03. The molecule has 1 amide bonds. The largest absolute Gasteiger partial charge is 0.449 e. The van der Waals surface area contributed by atoms with E-state index in [0.717, 1.165) is 6.08 Å². The summed E-state index contributed by atoms with van der Waals surface area (Å²) in [5.74, 6) is -1.63. The number of halogens is 3. The molecule has 2 rings (SSSR count). The summed E-state index contributed by atoms with van der Waals surface area (Å²) in [5, 5.41) is 2.90. The number of anilines is 1. The fourth-order valence-electron chi connectivity index (χ4n) is 2.04. The summed E-state index contributed by atoms with van der Waals surface area (Å²) in [6.45, 7) is -1.67. The van der Waals surface area contributed by atoms with Gasteiger partial charge in [0.15, 0.2) is 6.10 Å². The molecule has 0 saturated heterocycles. The molecule has 1 N–H and O–H groups in total. The van der Waals surface area contributed by atoms with Crippen LogP contribution in [0.15, 0.2) is 54.6 Å². The summed E-state index contributed by atoms with van der Waals surface area (Å²) in [7, 11) is 0. The minimum absolute atomic E-state index is 0.0418. The molecule has 0 aromatic heterocycles. The molecule has 142 valence electrons. The van der Waals surface area contributed by atoms with Crippen LogP contribution in [0.3, 0.4) is 0 Å². The fraction of sp³-hybridized carbons (Fsp3) is 0.158. The highest BCUT2D eigenvalue weighted by Crippen LogP contribution is 2.25. The van der Waals surface area contributed by atoms with E-state index in [1.165, 1.54) is 31.2 Å². The normalized spacial score (nSPS) is 12.0. The van der Waals surface area contributed by atoms with Crippen molar-refractivity contribution in [1.29, 1.82) is 0 Å². The monoisotopic (exact) mass is 395 g/mol. The van der Waals surface area contributed by atoms with Gasteiger partial charge in [0.2, 0.25) is 0 Å². The lowest BCUT2D eigenvalue weighted by Crippen LogP contribution is -2.29. The number of nitrogens with one attached hydrogen (secondary N) is 1. The van der Waals surface area contributed by atoms with Crippen LogP contribution in [0.2, 0.25) is 5.02 Å². The predicted octanol–water partition coefficient (Wildman–Crippen LogP) is 4.53. The first-order valence-corrected chi connectivity index (χ1v) is 8.22. The Morgan fingerprint density at radius 2 is 1.89 bits per heavy atom. The van der Waals surface area contributed by atoms with Gasteiger partial charge in [0.05, 0.1) is 5.69 Å². The van der Waals surface area contributed by atoms with Crippen molar-refractivity contribution in [3.8, 4) is 5.75 Å². The molecular formula is C19H16ClF2NO4. The maximum atomic E-state index is 12.4. The molecule has 0 heterocycles. The van der Waals surface area contributed by atoms with E-state index < -0.39 is 24.6 Å². The highest BCUT2D eigenvalue weighted by atomic mass is 35.5. The SMILES string of the molecule is CC(OC(=O)/C=C/c1cccc(Cl)c1)C(=O)Nc1ccccc1OC(F)F. The van der Waals surface area contributed by atoms with Crippen molar-refractivity contribution >= 4 is 35.2 Å². The van der Waals surface area contributed by atoms with E-state index in [2.05, 4.69) is 10.1 Å². The topological polar surface area (TPSA) is 64.6 Å². The molecule has 0 bridgehead atoms. The van der Waals surface area contributed by atoms with E-state index in [9.17, 15) is 18.4 Å². The lowest BCUT2D eigenvalue weighted by Gasteiger charge is -2.15. The molecule has 2 aromatic carbocycles. The molecule has 27 heavy (non-hydrogen) atoms. The Kier molecular flexibility index (Phi) is 7.31. The van der Waals surface area contributed by atoms with Gasteiger partial charge in [-0.1, -0.05) is 35.9 Å². The number of carbonyl (C=O) groups excluding carboxylic acids is 2. The summed E-state index contributed by atoms with van der Waals surface area (Å²) in [4.78, 5) is 24.0. The van der Waals surface area contributed by atoms with Crippen LogP contribution < -0.4 is 10.1 Å². The number of benzene rings is 2. The van der Waals surface area contributed by atoms with Crippen LogP contribution in [0.1, 0.15) is 12.5 Å². The molecule has 1 atom stereocenters. The second kappa shape index (κ2) is 9.68. The first kappa shape index (κ1) is 20.4. The second-order valence-corrected chi connectivity index (χ2v) is 5.77. The molecule has 0 radical (unpaired) electrons. The quantitative estimate of drug-likeness (QED) is 0.552. The Morgan fingerprint density at radius 1 is 1.15 bits per heavy atom.